The third-order valence-corrected chi connectivity index (χ3v) is 5.33. The van der Waals surface area contributed by atoms with Gasteiger partial charge in [-0.25, -0.2) is 9.18 Å². The Bertz CT molecular complexity index is 988. The fourth-order valence-corrected chi connectivity index (χ4v) is 3.69. The number of aryl methyl sites for hydroxylation is 1. The highest BCUT2D eigenvalue weighted by Crippen LogP contribution is 2.31. The zero-order chi connectivity index (χ0) is 19.7. The average molecular weight is 383 g/mol. The summed E-state index contributed by atoms with van der Waals surface area (Å²) in [5.41, 5.74) is 2.12. The van der Waals surface area contributed by atoms with Gasteiger partial charge in [0.25, 0.3) is 0 Å². The first-order chi connectivity index (χ1) is 13.5. The largest absolute Gasteiger partial charge is 0.354 e. The van der Waals surface area contributed by atoms with Crippen molar-refractivity contribution in [3.05, 3.63) is 53.6 Å². The van der Waals surface area contributed by atoms with Crippen LogP contribution in [0.4, 0.5) is 15.0 Å². The molecule has 28 heavy (non-hydrogen) atoms. The molecule has 3 heterocycles. The lowest BCUT2D eigenvalue weighted by Gasteiger charge is -2.31. The minimum Gasteiger partial charge on any atom is -0.354 e. The molecular weight excluding hydrogens is 361 g/mol. The molecule has 1 aliphatic heterocycles. The maximum atomic E-state index is 14.0. The number of hydrogen-bond acceptors (Lipinski definition) is 4. The van der Waals surface area contributed by atoms with Crippen LogP contribution < -0.4 is 5.32 Å². The van der Waals surface area contributed by atoms with Gasteiger partial charge in [0.2, 0.25) is 0 Å². The van der Waals surface area contributed by atoms with E-state index in [-0.39, 0.29) is 6.03 Å². The summed E-state index contributed by atoms with van der Waals surface area (Å²) < 4.78 is 21.2. The summed E-state index contributed by atoms with van der Waals surface area (Å²) in [6.07, 6.45) is 3.56. The molecule has 146 valence electrons. The summed E-state index contributed by atoms with van der Waals surface area (Å²) in [4.78, 5) is 14.4. The third kappa shape index (κ3) is 3.37. The molecular formula is C20H22FN5O2. The van der Waals surface area contributed by atoms with Crippen LogP contribution in [0.25, 0.3) is 11.3 Å². The minimum absolute atomic E-state index is 0.222. The van der Waals surface area contributed by atoms with Crippen LogP contribution in [0.5, 0.6) is 0 Å². The van der Waals surface area contributed by atoms with Crippen molar-refractivity contribution in [1.82, 2.24) is 19.8 Å². The molecule has 1 N–H and O–H groups in total. The highest BCUT2D eigenvalue weighted by Gasteiger charge is 2.27. The van der Waals surface area contributed by atoms with Gasteiger partial charge in [-0.2, -0.15) is 5.10 Å². The zero-order valence-electron chi connectivity index (χ0n) is 15.9. The van der Waals surface area contributed by atoms with E-state index in [2.05, 4.69) is 15.6 Å². The summed E-state index contributed by atoms with van der Waals surface area (Å²) in [5, 5.41) is 10.9. The van der Waals surface area contributed by atoms with Gasteiger partial charge in [-0.1, -0.05) is 17.3 Å². The molecule has 0 spiro atoms. The highest BCUT2D eigenvalue weighted by atomic mass is 19.1. The summed E-state index contributed by atoms with van der Waals surface area (Å²) in [7, 11) is 1.94. The number of rotatable bonds is 3. The first-order valence-corrected chi connectivity index (χ1v) is 9.29. The van der Waals surface area contributed by atoms with Crippen LogP contribution in [0.3, 0.4) is 0 Å². The molecule has 2 aromatic heterocycles. The maximum Gasteiger partial charge on any atom is 0.323 e. The number of likely N-dealkylation sites (tertiary alicyclic amines) is 1. The third-order valence-electron chi connectivity index (χ3n) is 5.33. The molecule has 7 nitrogen and oxygen atoms in total. The van der Waals surface area contributed by atoms with Crippen molar-refractivity contribution in [3.8, 4) is 11.3 Å². The van der Waals surface area contributed by atoms with Crippen molar-refractivity contribution < 1.29 is 13.7 Å². The lowest BCUT2D eigenvalue weighted by Crippen LogP contribution is -2.41. The Kier molecular flexibility index (Phi) is 4.85. The van der Waals surface area contributed by atoms with E-state index >= 15 is 0 Å². The average Bonchev–Trinajstić information content (AvgIpc) is 3.28. The standard InChI is InChI=1S/C20H22FN5O2/c1-13-18(15-5-3-4-6-16(15)21)28-24-19(13)23-20(27)26-11-8-14(9-12-26)17-7-10-22-25(17)2/h3-7,10,14H,8-9,11-12H2,1-2H3,(H,23,24,27). The van der Waals surface area contributed by atoms with Crippen molar-refractivity contribution in [1.29, 1.82) is 0 Å². The smallest absolute Gasteiger partial charge is 0.323 e. The van der Waals surface area contributed by atoms with E-state index in [4.69, 9.17) is 4.52 Å². The first kappa shape index (κ1) is 18.2. The highest BCUT2D eigenvalue weighted by molar-refractivity contribution is 5.90. The molecule has 0 unspecified atom stereocenters. The number of carbonyl (C=O) groups is 1. The maximum absolute atomic E-state index is 14.0. The van der Waals surface area contributed by atoms with E-state index in [9.17, 15) is 9.18 Å². The summed E-state index contributed by atoms with van der Waals surface area (Å²) >= 11 is 0. The normalized spacial score (nSPS) is 15.0. The summed E-state index contributed by atoms with van der Waals surface area (Å²) in [6, 6.07) is 8.14. The molecule has 1 aliphatic rings. The van der Waals surface area contributed by atoms with Crippen molar-refractivity contribution in [2.45, 2.75) is 25.7 Å². The Hall–Kier alpha value is -3.16. The quantitative estimate of drug-likeness (QED) is 0.743. The lowest BCUT2D eigenvalue weighted by molar-refractivity contribution is 0.193. The molecule has 3 aromatic rings. The number of amides is 2. The van der Waals surface area contributed by atoms with Gasteiger partial charge >= 0.3 is 6.03 Å². The van der Waals surface area contributed by atoms with Crippen molar-refractivity contribution in [3.63, 3.8) is 0 Å². The molecule has 0 radical (unpaired) electrons. The zero-order valence-corrected chi connectivity index (χ0v) is 15.9. The fraction of sp³-hybridized carbons (Fsp3) is 0.350. The van der Waals surface area contributed by atoms with Crippen molar-refractivity contribution in [2.75, 3.05) is 18.4 Å². The van der Waals surface area contributed by atoms with Crippen LogP contribution in [0, 0.1) is 12.7 Å². The van der Waals surface area contributed by atoms with Gasteiger partial charge in [-0.15, -0.1) is 0 Å². The van der Waals surface area contributed by atoms with Crippen LogP contribution in [-0.2, 0) is 7.05 Å². The van der Waals surface area contributed by atoms with Crippen LogP contribution >= 0.6 is 0 Å². The number of nitrogens with one attached hydrogen (secondary N) is 1. The number of hydrogen-bond donors (Lipinski definition) is 1. The minimum atomic E-state index is -0.392. The number of urea groups is 1. The second-order valence-electron chi connectivity index (χ2n) is 7.04. The topological polar surface area (TPSA) is 76.2 Å². The molecule has 1 aromatic carbocycles. The molecule has 0 atom stereocenters. The molecule has 0 saturated carbocycles. The number of benzene rings is 1. The van der Waals surface area contributed by atoms with Crippen LogP contribution in [0.15, 0.2) is 41.1 Å². The number of halogens is 1. The number of nitrogens with zero attached hydrogens (tertiary/aromatic N) is 4. The van der Waals surface area contributed by atoms with Gasteiger partial charge in [0.1, 0.15) is 5.82 Å². The molecule has 0 aliphatic carbocycles. The SMILES string of the molecule is Cc1c(NC(=O)N2CCC(c3ccnn3C)CC2)noc1-c1ccccc1F. The van der Waals surface area contributed by atoms with Crippen molar-refractivity contribution in [2.24, 2.45) is 7.05 Å². The predicted molar refractivity (Wildman–Crippen MR) is 102 cm³/mol. The van der Waals surface area contributed by atoms with Gasteiger partial charge in [-0.3, -0.25) is 10.00 Å². The molecule has 8 heteroatoms. The van der Waals surface area contributed by atoms with Crippen LogP contribution in [0.1, 0.15) is 30.0 Å². The summed E-state index contributed by atoms with van der Waals surface area (Å²) in [5.74, 6) is 0.648. The second-order valence-corrected chi connectivity index (χ2v) is 7.04. The number of aromatic nitrogens is 3. The molecule has 4 rings (SSSR count). The van der Waals surface area contributed by atoms with Gasteiger partial charge < -0.3 is 9.42 Å². The van der Waals surface area contributed by atoms with Gasteiger partial charge in [0, 0.05) is 43.5 Å². The molecule has 2 amide bonds. The Balaban J connectivity index is 1.41. The fourth-order valence-electron chi connectivity index (χ4n) is 3.69. The Labute approximate surface area is 162 Å². The Morgan fingerprint density at radius 3 is 2.68 bits per heavy atom. The van der Waals surface area contributed by atoms with E-state index in [0.29, 0.717) is 41.7 Å². The van der Waals surface area contributed by atoms with Gasteiger partial charge in [0.15, 0.2) is 11.6 Å². The molecule has 1 fully saturated rings. The van der Waals surface area contributed by atoms with Crippen LogP contribution in [-0.4, -0.2) is 39.0 Å². The molecule has 1 saturated heterocycles. The molecule has 0 bridgehead atoms. The van der Waals surface area contributed by atoms with E-state index < -0.39 is 5.82 Å². The van der Waals surface area contributed by atoms with Gasteiger partial charge in [-0.05, 0) is 38.0 Å². The van der Waals surface area contributed by atoms with E-state index in [1.165, 1.54) is 11.8 Å². The Morgan fingerprint density at radius 2 is 2.00 bits per heavy atom. The number of piperidine rings is 1. The van der Waals surface area contributed by atoms with E-state index in [1.807, 2.05) is 17.8 Å². The van der Waals surface area contributed by atoms with Gasteiger partial charge in [0.05, 0.1) is 5.56 Å². The first-order valence-electron chi connectivity index (χ1n) is 9.29. The van der Waals surface area contributed by atoms with E-state index in [1.54, 1.807) is 36.2 Å². The van der Waals surface area contributed by atoms with Crippen LogP contribution in [0.2, 0.25) is 0 Å². The lowest BCUT2D eigenvalue weighted by atomic mass is 9.93. The summed E-state index contributed by atoms with van der Waals surface area (Å²) in [6.45, 7) is 3.06. The number of carbonyl (C=O) groups excluding carboxylic acids is 1. The monoisotopic (exact) mass is 383 g/mol. The second kappa shape index (κ2) is 7.46. The Morgan fingerprint density at radius 1 is 1.25 bits per heavy atom. The predicted octanol–water partition coefficient (Wildman–Crippen LogP) is 3.93. The van der Waals surface area contributed by atoms with Crippen molar-refractivity contribution >= 4 is 11.8 Å². The number of anilines is 1. The van der Waals surface area contributed by atoms with E-state index in [0.717, 1.165) is 12.8 Å².